The Morgan fingerprint density at radius 3 is 2.58 bits per heavy atom. The number of piperazine rings is 1. The van der Waals surface area contributed by atoms with Gasteiger partial charge < -0.3 is 24.8 Å². The van der Waals surface area contributed by atoms with E-state index in [9.17, 15) is 14.0 Å². The van der Waals surface area contributed by atoms with Gasteiger partial charge in [0.15, 0.2) is 5.82 Å². The lowest BCUT2D eigenvalue weighted by molar-refractivity contribution is 0.413. The maximum Gasteiger partial charge on any atom is 0.309 e. The van der Waals surface area contributed by atoms with Crippen molar-refractivity contribution in [2.75, 3.05) is 43.5 Å². The number of benzene rings is 2. The summed E-state index contributed by atoms with van der Waals surface area (Å²) in [5, 5.41) is 6.38. The average molecular weight is 541 g/mol. The van der Waals surface area contributed by atoms with E-state index in [4.69, 9.17) is 4.74 Å². The predicted molar refractivity (Wildman–Crippen MR) is 145 cm³/mol. The number of fused-ring (bicyclic) bond motifs is 1. The van der Waals surface area contributed by atoms with Gasteiger partial charge in [-0.1, -0.05) is 11.3 Å². The van der Waals surface area contributed by atoms with Gasteiger partial charge in [0.05, 0.1) is 29.2 Å². The molecule has 0 saturated carbocycles. The van der Waals surface area contributed by atoms with Crippen molar-refractivity contribution in [2.24, 2.45) is 0 Å². The summed E-state index contributed by atoms with van der Waals surface area (Å²) in [5.41, 5.74) is 1.01. The Kier molecular flexibility index (Phi) is 7.09. The summed E-state index contributed by atoms with van der Waals surface area (Å²) in [6.07, 6.45) is 0.998. The molecule has 0 spiro atoms. The molecule has 0 atom stereocenters. The van der Waals surface area contributed by atoms with Gasteiger partial charge in [0.25, 0.3) is 4.74 Å². The first kappa shape index (κ1) is 25.7. The molecule has 0 amide bonds. The van der Waals surface area contributed by atoms with Crippen molar-refractivity contribution >= 4 is 38.9 Å². The minimum absolute atomic E-state index is 0.0246. The van der Waals surface area contributed by atoms with E-state index in [1.54, 1.807) is 21.0 Å². The van der Waals surface area contributed by atoms with Gasteiger partial charge in [0, 0.05) is 49.5 Å². The fourth-order valence-corrected chi connectivity index (χ4v) is 5.32. The smallest absolute Gasteiger partial charge is 0.309 e. The van der Waals surface area contributed by atoms with Crippen LogP contribution in [0.4, 0.5) is 26.1 Å². The topological polar surface area (TPSA) is 101 Å². The minimum atomic E-state index is -0.768. The molecule has 38 heavy (non-hydrogen) atoms. The SMILES string of the molecule is COc1cc(Nc2ncc(F)c(-c3cc(F)c4sc(=O)c(=O)n(C(C)C)c4c3)n2)ccc1N1CCNCC1. The molecule has 1 fully saturated rings. The van der Waals surface area contributed by atoms with Gasteiger partial charge in [-0.2, -0.15) is 0 Å². The highest BCUT2D eigenvalue weighted by Crippen LogP contribution is 2.33. The number of nitrogens with one attached hydrogen (secondary N) is 2. The molecular formula is C26H26F2N6O3S. The average Bonchev–Trinajstić information content (AvgIpc) is 2.91. The summed E-state index contributed by atoms with van der Waals surface area (Å²) in [5.74, 6) is -0.738. The number of ether oxygens (including phenoxy) is 1. The van der Waals surface area contributed by atoms with Crippen molar-refractivity contribution in [1.82, 2.24) is 19.9 Å². The van der Waals surface area contributed by atoms with Crippen molar-refractivity contribution in [3.63, 3.8) is 0 Å². The van der Waals surface area contributed by atoms with E-state index in [0.717, 1.165) is 44.1 Å². The Balaban J connectivity index is 1.53. The minimum Gasteiger partial charge on any atom is -0.495 e. The highest BCUT2D eigenvalue weighted by atomic mass is 32.1. The Morgan fingerprint density at radius 2 is 1.87 bits per heavy atom. The van der Waals surface area contributed by atoms with Gasteiger partial charge in [-0.05, 0) is 38.1 Å². The number of halogens is 2. The molecule has 198 valence electrons. The lowest BCUT2D eigenvalue weighted by atomic mass is 10.1. The maximum absolute atomic E-state index is 15.1. The van der Waals surface area contributed by atoms with Crippen molar-refractivity contribution in [3.8, 4) is 17.0 Å². The summed E-state index contributed by atoms with van der Waals surface area (Å²) < 4.78 is 36.0. The molecule has 4 aromatic rings. The summed E-state index contributed by atoms with van der Waals surface area (Å²) in [4.78, 5) is 35.2. The lowest BCUT2D eigenvalue weighted by Gasteiger charge is -2.30. The molecular weight excluding hydrogens is 514 g/mol. The van der Waals surface area contributed by atoms with Gasteiger partial charge in [-0.15, -0.1) is 0 Å². The largest absolute Gasteiger partial charge is 0.495 e. The van der Waals surface area contributed by atoms with E-state index in [1.165, 1.54) is 10.6 Å². The van der Waals surface area contributed by atoms with E-state index < -0.39 is 28.0 Å². The monoisotopic (exact) mass is 540 g/mol. The lowest BCUT2D eigenvalue weighted by Crippen LogP contribution is -2.43. The van der Waals surface area contributed by atoms with Gasteiger partial charge >= 0.3 is 5.56 Å². The number of hydrogen-bond donors (Lipinski definition) is 2. The van der Waals surface area contributed by atoms with Crippen LogP contribution >= 0.6 is 11.3 Å². The normalized spacial score (nSPS) is 13.8. The van der Waals surface area contributed by atoms with E-state index in [0.29, 0.717) is 22.8 Å². The molecule has 0 aliphatic carbocycles. The van der Waals surface area contributed by atoms with E-state index in [2.05, 4.69) is 25.5 Å². The highest BCUT2D eigenvalue weighted by Gasteiger charge is 2.19. The third-order valence-electron chi connectivity index (χ3n) is 6.30. The quantitative estimate of drug-likeness (QED) is 0.355. The number of hydrogen-bond acceptors (Lipinski definition) is 9. The van der Waals surface area contributed by atoms with E-state index >= 15 is 4.39 Å². The Hall–Kier alpha value is -3.90. The van der Waals surface area contributed by atoms with Gasteiger partial charge in [-0.25, -0.2) is 18.7 Å². The third kappa shape index (κ3) is 4.84. The van der Waals surface area contributed by atoms with Crippen molar-refractivity contribution in [1.29, 1.82) is 0 Å². The summed E-state index contributed by atoms with van der Waals surface area (Å²) in [6, 6.07) is 7.76. The molecule has 5 rings (SSSR count). The number of nitrogens with zero attached hydrogens (tertiary/aromatic N) is 4. The zero-order valence-electron chi connectivity index (χ0n) is 21.0. The number of aromatic nitrogens is 3. The summed E-state index contributed by atoms with van der Waals surface area (Å²) in [7, 11) is 1.60. The number of anilines is 3. The molecule has 2 aromatic heterocycles. The van der Waals surface area contributed by atoms with Crippen LogP contribution in [0.5, 0.6) is 5.75 Å². The van der Waals surface area contributed by atoms with Gasteiger partial charge in [-0.3, -0.25) is 9.59 Å². The molecule has 0 radical (unpaired) electrons. The first-order chi connectivity index (χ1) is 18.3. The van der Waals surface area contributed by atoms with Crippen molar-refractivity contribution in [2.45, 2.75) is 19.9 Å². The standard InChI is InChI=1S/C26H26F2N6O3S/c1-14(2)34-20-11-15(10-17(27)23(20)38-25(36)24(34)35)22-18(28)13-30-26(32-22)31-16-4-5-19(21(12-16)37-3)33-8-6-29-7-9-33/h4-5,10-14,29H,6-9H2,1-3H3,(H,30,31,32). The second kappa shape index (κ2) is 10.5. The molecule has 2 aromatic carbocycles. The Labute approximate surface area is 220 Å². The van der Waals surface area contributed by atoms with Crippen LogP contribution in [0.15, 0.2) is 46.1 Å². The maximum atomic E-state index is 15.1. The van der Waals surface area contributed by atoms with Crippen LogP contribution in [-0.4, -0.2) is 47.8 Å². The first-order valence-corrected chi connectivity index (χ1v) is 12.9. The molecule has 9 nitrogen and oxygen atoms in total. The first-order valence-electron chi connectivity index (χ1n) is 12.1. The van der Waals surface area contributed by atoms with Crippen LogP contribution in [0, 0.1) is 11.6 Å². The van der Waals surface area contributed by atoms with Crippen LogP contribution in [0.1, 0.15) is 19.9 Å². The Bertz CT molecular complexity index is 1630. The molecule has 3 heterocycles. The van der Waals surface area contributed by atoms with Crippen LogP contribution < -0.4 is 30.6 Å². The Morgan fingerprint density at radius 1 is 1.11 bits per heavy atom. The molecule has 1 aliphatic rings. The van der Waals surface area contributed by atoms with Crippen LogP contribution in [0.3, 0.4) is 0 Å². The second-order valence-corrected chi connectivity index (χ2v) is 10.1. The van der Waals surface area contributed by atoms with Crippen LogP contribution in [-0.2, 0) is 0 Å². The number of methoxy groups -OCH3 is 1. The summed E-state index contributed by atoms with van der Waals surface area (Å²) >= 11 is 0.533. The highest BCUT2D eigenvalue weighted by molar-refractivity contribution is 7.16. The van der Waals surface area contributed by atoms with Crippen molar-refractivity contribution in [3.05, 3.63) is 68.1 Å². The van der Waals surface area contributed by atoms with Crippen LogP contribution in [0.2, 0.25) is 0 Å². The fraction of sp³-hybridized carbons (Fsp3) is 0.308. The number of rotatable bonds is 6. The molecule has 12 heteroatoms. The molecule has 1 aliphatic heterocycles. The zero-order chi connectivity index (χ0) is 27.0. The second-order valence-electron chi connectivity index (χ2n) is 9.10. The van der Waals surface area contributed by atoms with E-state index in [-0.39, 0.29) is 27.4 Å². The van der Waals surface area contributed by atoms with Crippen LogP contribution in [0.25, 0.3) is 21.5 Å². The zero-order valence-corrected chi connectivity index (χ0v) is 21.9. The van der Waals surface area contributed by atoms with Gasteiger partial charge in [0.1, 0.15) is 17.3 Å². The molecule has 1 saturated heterocycles. The van der Waals surface area contributed by atoms with Gasteiger partial charge in [0.2, 0.25) is 5.95 Å². The molecule has 0 unspecified atom stereocenters. The fourth-order valence-electron chi connectivity index (χ4n) is 4.53. The predicted octanol–water partition coefficient (Wildman–Crippen LogP) is 3.90. The van der Waals surface area contributed by atoms with Crippen molar-refractivity contribution < 1.29 is 13.5 Å². The summed E-state index contributed by atoms with van der Waals surface area (Å²) in [6.45, 7) is 6.91. The molecule has 2 N–H and O–H groups in total. The third-order valence-corrected chi connectivity index (χ3v) is 7.27. The molecule has 0 bridgehead atoms. The van der Waals surface area contributed by atoms with E-state index in [1.807, 2.05) is 18.2 Å².